The van der Waals surface area contributed by atoms with Crippen LogP contribution in [0.15, 0.2) is 89.1 Å². The number of benzene rings is 2. The van der Waals surface area contributed by atoms with Crippen LogP contribution in [-0.4, -0.2) is 84.0 Å². The Morgan fingerprint density at radius 2 is 1.86 bits per heavy atom. The van der Waals surface area contributed by atoms with E-state index in [4.69, 9.17) is 14.3 Å². The van der Waals surface area contributed by atoms with Gasteiger partial charge in [0.1, 0.15) is 23.0 Å². The molecule has 3 aromatic rings. The number of rotatable bonds is 16. The maximum Gasteiger partial charge on any atom is 0.245 e. The molecule has 3 N–H and O–H groups in total. The molecule has 12 heteroatoms. The van der Waals surface area contributed by atoms with Crippen molar-refractivity contribution in [2.45, 2.75) is 74.5 Å². The number of para-hydroxylation sites is 1. The van der Waals surface area contributed by atoms with E-state index in [0.717, 1.165) is 36.8 Å². The van der Waals surface area contributed by atoms with E-state index >= 15 is 0 Å². The molecule has 2 aliphatic carbocycles. The second-order valence-corrected chi connectivity index (χ2v) is 15.5. The third kappa shape index (κ3) is 6.92. The summed E-state index contributed by atoms with van der Waals surface area (Å²) < 4.78 is 44.8. The number of phenols is 1. The number of allylic oxidation sites excluding steroid dienone is 1. The molecule has 51 heavy (non-hydrogen) atoms. The molecule has 1 aliphatic heterocycles. The summed E-state index contributed by atoms with van der Waals surface area (Å²) >= 11 is 0. The van der Waals surface area contributed by atoms with Crippen LogP contribution in [0.1, 0.15) is 63.4 Å². The van der Waals surface area contributed by atoms with Crippen molar-refractivity contribution >= 4 is 26.6 Å². The van der Waals surface area contributed by atoms with Crippen LogP contribution >= 0.6 is 0 Å². The Morgan fingerprint density at radius 3 is 2.61 bits per heavy atom. The van der Waals surface area contributed by atoms with Crippen molar-refractivity contribution in [2.24, 2.45) is 22.9 Å². The zero-order valence-electron chi connectivity index (χ0n) is 29.4. The third-order valence-corrected chi connectivity index (χ3v) is 12.6. The molecule has 11 nitrogen and oxygen atoms in total. The number of aromatic nitrogens is 1. The second kappa shape index (κ2) is 15.8. The fourth-order valence-corrected chi connectivity index (χ4v) is 9.99. The number of pyridine rings is 1. The Morgan fingerprint density at radius 1 is 1.10 bits per heavy atom. The van der Waals surface area contributed by atoms with Crippen LogP contribution in [-0.2, 0) is 19.6 Å². The first-order valence-corrected chi connectivity index (χ1v) is 19.4. The van der Waals surface area contributed by atoms with Crippen molar-refractivity contribution in [3.05, 3.63) is 84.6 Å². The normalized spacial score (nSPS) is 26.3. The highest BCUT2D eigenvalue weighted by Crippen LogP contribution is 2.62. The number of aliphatic hydroxyl groups excluding tert-OH is 2. The monoisotopic (exact) mass is 719 g/mol. The van der Waals surface area contributed by atoms with Crippen LogP contribution in [0.4, 0.5) is 0 Å². The van der Waals surface area contributed by atoms with Crippen molar-refractivity contribution in [3.63, 3.8) is 0 Å². The van der Waals surface area contributed by atoms with Gasteiger partial charge in [0, 0.05) is 49.7 Å². The summed E-state index contributed by atoms with van der Waals surface area (Å²) in [5, 5.41) is 35.6. The minimum absolute atomic E-state index is 0.0106. The first-order valence-electron chi connectivity index (χ1n) is 17.9. The number of unbranched alkanes of at least 4 members (excludes halogenated alkanes) is 2. The molecule has 0 bridgehead atoms. The van der Waals surface area contributed by atoms with Crippen LogP contribution in [0.5, 0.6) is 11.5 Å². The summed E-state index contributed by atoms with van der Waals surface area (Å²) in [6.45, 7) is 6.34. The standard InChI is InChI=1S/C39H49N3O8S/c1-4-22-48-39-35(42(3)51(46,47)34-16-10-13-26-14-11-19-40-38(26)34)25-32(41-49-5-2)30-23-27(12-6-8-20-43)29(15-7-9-21-44)36(37(30)39)31-24-28(45)17-18-33(31)50-39/h4,10-11,13-14,16-19,23-24,27,29,35-37,43-45H,1,5-9,12,15,20-22,25H2,2-3H3. The molecule has 6 atom stereocenters. The Balaban J connectivity index is 1.59. The Kier molecular flexibility index (Phi) is 11.5. The van der Waals surface area contributed by atoms with Crippen LogP contribution in [0.3, 0.4) is 0 Å². The molecule has 0 amide bonds. The highest BCUT2D eigenvalue weighted by atomic mass is 32.2. The van der Waals surface area contributed by atoms with E-state index in [-0.39, 0.29) is 54.6 Å². The number of likely N-dealkylation sites (N-methyl/N-ethyl adjacent to an activating group) is 1. The fraction of sp³-hybridized carbons (Fsp3) is 0.487. The number of hydrogen-bond acceptors (Lipinski definition) is 10. The Labute approximate surface area is 300 Å². The molecule has 1 fully saturated rings. The number of hydrogen-bond donors (Lipinski definition) is 3. The lowest BCUT2D eigenvalue weighted by molar-refractivity contribution is -0.250. The molecule has 0 radical (unpaired) electrons. The summed E-state index contributed by atoms with van der Waals surface area (Å²) in [4.78, 5) is 10.2. The average molecular weight is 720 g/mol. The molecular weight excluding hydrogens is 671 g/mol. The summed E-state index contributed by atoms with van der Waals surface area (Å²) in [6, 6.07) is 12.8. The summed E-state index contributed by atoms with van der Waals surface area (Å²) in [7, 11) is -2.66. The van der Waals surface area contributed by atoms with Crippen molar-refractivity contribution in [3.8, 4) is 11.5 Å². The van der Waals surface area contributed by atoms with E-state index < -0.39 is 27.8 Å². The number of aromatic hydroxyl groups is 1. The van der Waals surface area contributed by atoms with Gasteiger partial charge >= 0.3 is 0 Å². The van der Waals surface area contributed by atoms with Crippen molar-refractivity contribution in [1.29, 1.82) is 0 Å². The van der Waals surface area contributed by atoms with Gasteiger partial charge in [0.25, 0.3) is 0 Å². The molecule has 274 valence electrons. The van der Waals surface area contributed by atoms with Gasteiger partial charge in [-0.1, -0.05) is 48.3 Å². The Bertz CT molecular complexity index is 1880. The molecular formula is C39H49N3O8S. The molecule has 1 saturated carbocycles. The zero-order valence-corrected chi connectivity index (χ0v) is 30.2. The average Bonchev–Trinajstić information content (AvgIpc) is 3.14. The number of aliphatic hydroxyl groups is 2. The predicted molar refractivity (Wildman–Crippen MR) is 195 cm³/mol. The van der Waals surface area contributed by atoms with Crippen LogP contribution in [0.25, 0.3) is 10.9 Å². The lowest BCUT2D eigenvalue weighted by atomic mass is 9.55. The van der Waals surface area contributed by atoms with Gasteiger partial charge in [0.05, 0.1) is 29.8 Å². The molecule has 3 aliphatic rings. The minimum Gasteiger partial charge on any atom is -0.508 e. The van der Waals surface area contributed by atoms with E-state index in [2.05, 4.69) is 22.8 Å². The van der Waals surface area contributed by atoms with Gasteiger partial charge in [-0.3, -0.25) is 4.98 Å². The number of phenolic OH excluding ortho intramolecular Hbond substituents is 1. The molecule has 6 unspecified atom stereocenters. The quantitative estimate of drug-likeness (QED) is 0.0932. The first-order chi connectivity index (χ1) is 24.7. The lowest BCUT2D eigenvalue weighted by Crippen LogP contribution is -2.69. The molecule has 1 aromatic heterocycles. The molecule has 0 saturated heterocycles. The SMILES string of the molecule is C=CCOC12Oc3ccc(O)cc3C3C(CCCCO)C(CCCCO)C=C(C(=NOCC)CC1N(C)S(=O)(=O)c1cccc4cccnc14)C32. The van der Waals surface area contributed by atoms with Gasteiger partial charge < -0.3 is 29.6 Å². The van der Waals surface area contributed by atoms with E-state index in [1.54, 1.807) is 55.7 Å². The zero-order chi connectivity index (χ0) is 36.2. The number of sulfonamides is 1. The number of ether oxygens (including phenoxy) is 2. The van der Waals surface area contributed by atoms with Crippen LogP contribution < -0.4 is 4.74 Å². The summed E-state index contributed by atoms with van der Waals surface area (Å²) in [5.74, 6) is -1.70. The van der Waals surface area contributed by atoms with Crippen LogP contribution in [0.2, 0.25) is 0 Å². The number of fused-ring (bicyclic) bond motifs is 3. The summed E-state index contributed by atoms with van der Waals surface area (Å²) in [5.41, 5.74) is 2.65. The van der Waals surface area contributed by atoms with Crippen molar-refractivity contribution in [1.82, 2.24) is 9.29 Å². The van der Waals surface area contributed by atoms with Gasteiger partial charge in [0.2, 0.25) is 15.8 Å². The van der Waals surface area contributed by atoms with E-state index in [0.29, 0.717) is 41.8 Å². The molecule has 2 heterocycles. The fourth-order valence-electron chi connectivity index (χ4n) is 8.46. The maximum absolute atomic E-state index is 14.8. The molecule has 2 aromatic carbocycles. The van der Waals surface area contributed by atoms with Gasteiger partial charge in [0.15, 0.2) is 0 Å². The largest absolute Gasteiger partial charge is 0.508 e. The van der Waals surface area contributed by atoms with Gasteiger partial charge in [-0.15, -0.1) is 6.58 Å². The topological polar surface area (TPSA) is 151 Å². The molecule has 0 spiro atoms. The predicted octanol–water partition coefficient (Wildman–Crippen LogP) is 5.91. The maximum atomic E-state index is 14.8. The highest BCUT2D eigenvalue weighted by Gasteiger charge is 2.65. The van der Waals surface area contributed by atoms with Gasteiger partial charge in [-0.25, -0.2) is 8.42 Å². The second-order valence-electron chi connectivity index (χ2n) is 13.6. The lowest BCUT2D eigenvalue weighted by Gasteiger charge is -2.59. The van der Waals surface area contributed by atoms with Gasteiger partial charge in [-0.05, 0) is 80.3 Å². The highest BCUT2D eigenvalue weighted by molar-refractivity contribution is 7.89. The van der Waals surface area contributed by atoms with E-state index in [9.17, 15) is 23.7 Å². The minimum atomic E-state index is -4.21. The first kappa shape index (κ1) is 37.0. The van der Waals surface area contributed by atoms with Crippen LogP contribution in [0, 0.1) is 17.8 Å². The van der Waals surface area contributed by atoms with Crippen molar-refractivity contribution in [2.75, 3.05) is 33.5 Å². The van der Waals surface area contributed by atoms with E-state index in [1.165, 1.54) is 4.31 Å². The van der Waals surface area contributed by atoms with Gasteiger partial charge in [-0.2, -0.15) is 4.31 Å². The third-order valence-electron chi connectivity index (χ3n) is 10.7. The Hall–Kier alpha value is -3.81. The van der Waals surface area contributed by atoms with Crippen molar-refractivity contribution < 1.29 is 38.0 Å². The number of oxime groups is 1. The summed E-state index contributed by atoms with van der Waals surface area (Å²) in [6.07, 6.45) is 10.0. The smallest absolute Gasteiger partial charge is 0.245 e. The number of nitrogens with zero attached hydrogens (tertiary/aromatic N) is 3. The van der Waals surface area contributed by atoms with E-state index in [1.807, 2.05) is 19.1 Å². The molecule has 6 rings (SSSR count).